The first-order valence-corrected chi connectivity index (χ1v) is 11.4. The number of ether oxygens (including phenoxy) is 1. The first kappa shape index (κ1) is 23.5. The van der Waals surface area contributed by atoms with Crippen molar-refractivity contribution < 1.29 is 19.1 Å². The standard InChI is InChI=1S/C26H32N2O4/c1-4-13-27-24(29)7-6-8-25(30)28-18-10-12-20-19-11-9-17(3)14-21(19)23(22(20)15-18)16-32-26(31)5-2/h9-12,14-15,23H,4-8,13,16H2,1-3H3,(H,27,29)(H,28,30). The highest BCUT2D eigenvalue weighted by molar-refractivity contribution is 5.92. The van der Waals surface area contributed by atoms with Crippen LogP contribution in [-0.4, -0.2) is 30.9 Å². The van der Waals surface area contributed by atoms with Crippen molar-refractivity contribution in [2.75, 3.05) is 18.5 Å². The molecule has 1 aliphatic carbocycles. The fourth-order valence-corrected chi connectivity index (χ4v) is 4.00. The van der Waals surface area contributed by atoms with Crippen molar-refractivity contribution in [1.82, 2.24) is 5.32 Å². The van der Waals surface area contributed by atoms with Gasteiger partial charge in [0.15, 0.2) is 0 Å². The van der Waals surface area contributed by atoms with Crippen molar-refractivity contribution >= 4 is 23.5 Å². The summed E-state index contributed by atoms with van der Waals surface area (Å²) in [5.74, 6) is -0.419. The van der Waals surface area contributed by atoms with Crippen molar-refractivity contribution in [2.24, 2.45) is 0 Å². The quantitative estimate of drug-likeness (QED) is 0.529. The molecule has 32 heavy (non-hydrogen) atoms. The Hall–Kier alpha value is -3.15. The van der Waals surface area contributed by atoms with Gasteiger partial charge < -0.3 is 15.4 Å². The smallest absolute Gasteiger partial charge is 0.305 e. The van der Waals surface area contributed by atoms with E-state index in [-0.39, 0.29) is 36.7 Å². The third kappa shape index (κ3) is 5.75. The van der Waals surface area contributed by atoms with Gasteiger partial charge in [0.2, 0.25) is 11.8 Å². The van der Waals surface area contributed by atoms with Crippen LogP contribution in [0, 0.1) is 6.92 Å². The van der Waals surface area contributed by atoms with Gasteiger partial charge in [-0.2, -0.15) is 0 Å². The minimum atomic E-state index is -0.222. The van der Waals surface area contributed by atoms with Crippen LogP contribution >= 0.6 is 0 Å². The second kappa shape index (κ2) is 10.9. The SMILES string of the molecule is CCCNC(=O)CCCC(=O)Nc1ccc2c(c1)C(COC(=O)CC)c1cc(C)ccc1-2. The average Bonchev–Trinajstić information content (AvgIpc) is 3.07. The summed E-state index contributed by atoms with van der Waals surface area (Å²) in [4.78, 5) is 35.9. The Morgan fingerprint density at radius 2 is 1.62 bits per heavy atom. The molecule has 1 unspecified atom stereocenters. The van der Waals surface area contributed by atoms with Crippen LogP contribution in [0.25, 0.3) is 11.1 Å². The molecule has 0 heterocycles. The number of hydrogen-bond donors (Lipinski definition) is 2. The van der Waals surface area contributed by atoms with Gasteiger partial charge >= 0.3 is 5.97 Å². The summed E-state index contributed by atoms with van der Waals surface area (Å²) in [5.41, 5.74) is 6.29. The molecule has 2 N–H and O–H groups in total. The van der Waals surface area contributed by atoms with Crippen LogP contribution in [0.4, 0.5) is 5.69 Å². The largest absolute Gasteiger partial charge is 0.465 e. The van der Waals surface area contributed by atoms with E-state index >= 15 is 0 Å². The highest BCUT2D eigenvalue weighted by atomic mass is 16.5. The molecular formula is C26H32N2O4. The fourth-order valence-electron chi connectivity index (χ4n) is 4.00. The Labute approximate surface area is 189 Å². The normalized spacial score (nSPS) is 13.8. The molecule has 0 saturated heterocycles. The van der Waals surface area contributed by atoms with Gasteiger partial charge in [0.25, 0.3) is 0 Å². The van der Waals surface area contributed by atoms with Crippen molar-refractivity contribution in [2.45, 2.75) is 58.8 Å². The van der Waals surface area contributed by atoms with E-state index in [0.29, 0.717) is 31.5 Å². The molecule has 0 saturated carbocycles. The average molecular weight is 437 g/mol. The van der Waals surface area contributed by atoms with E-state index in [1.54, 1.807) is 6.92 Å². The lowest BCUT2D eigenvalue weighted by Gasteiger charge is -2.15. The van der Waals surface area contributed by atoms with Crippen molar-refractivity contribution in [3.8, 4) is 11.1 Å². The number of carbonyl (C=O) groups is 3. The first-order valence-electron chi connectivity index (χ1n) is 11.4. The van der Waals surface area contributed by atoms with Crippen LogP contribution in [-0.2, 0) is 19.1 Å². The maximum Gasteiger partial charge on any atom is 0.305 e. The Bertz CT molecular complexity index is 999. The summed E-state index contributed by atoms with van der Waals surface area (Å²) in [6.45, 7) is 6.77. The third-order valence-corrected chi connectivity index (χ3v) is 5.66. The summed E-state index contributed by atoms with van der Waals surface area (Å²) in [7, 11) is 0. The Balaban J connectivity index is 1.69. The van der Waals surface area contributed by atoms with Crippen molar-refractivity contribution in [3.05, 3.63) is 53.1 Å². The van der Waals surface area contributed by atoms with E-state index < -0.39 is 0 Å². The van der Waals surface area contributed by atoms with Crippen LogP contribution in [0.15, 0.2) is 36.4 Å². The number of anilines is 1. The molecule has 2 aromatic rings. The minimum Gasteiger partial charge on any atom is -0.465 e. The monoisotopic (exact) mass is 436 g/mol. The molecule has 0 spiro atoms. The van der Waals surface area contributed by atoms with E-state index in [4.69, 9.17) is 4.74 Å². The van der Waals surface area contributed by atoms with E-state index in [2.05, 4.69) is 28.8 Å². The maximum atomic E-state index is 12.4. The molecule has 6 heteroatoms. The van der Waals surface area contributed by atoms with Gasteiger partial charge in [-0.05, 0) is 54.2 Å². The molecule has 1 aliphatic rings. The lowest BCUT2D eigenvalue weighted by molar-refractivity contribution is -0.143. The van der Waals surface area contributed by atoms with Gasteiger partial charge in [-0.25, -0.2) is 0 Å². The molecule has 1 atom stereocenters. The molecule has 2 aromatic carbocycles. The minimum absolute atomic E-state index is 0.0188. The number of esters is 1. The molecule has 0 fully saturated rings. The highest BCUT2D eigenvalue weighted by Gasteiger charge is 2.30. The number of amides is 2. The van der Waals surface area contributed by atoms with Gasteiger partial charge in [0, 0.05) is 37.4 Å². The van der Waals surface area contributed by atoms with E-state index in [1.807, 2.05) is 32.0 Å². The first-order chi connectivity index (χ1) is 15.4. The fraction of sp³-hybridized carbons (Fsp3) is 0.423. The molecule has 3 rings (SSSR count). The lowest BCUT2D eigenvalue weighted by atomic mass is 9.96. The van der Waals surface area contributed by atoms with Gasteiger partial charge in [-0.3, -0.25) is 14.4 Å². The number of carbonyl (C=O) groups excluding carboxylic acids is 3. The summed E-state index contributed by atoms with van der Waals surface area (Å²) >= 11 is 0. The number of rotatable bonds is 10. The van der Waals surface area contributed by atoms with E-state index in [9.17, 15) is 14.4 Å². The number of fused-ring (bicyclic) bond motifs is 3. The van der Waals surface area contributed by atoms with Crippen LogP contribution in [0.5, 0.6) is 0 Å². The number of aryl methyl sites for hydroxylation is 1. The van der Waals surface area contributed by atoms with Crippen molar-refractivity contribution in [1.29, 1.82) is 0 Å². The van der Waals surface area contributed by atoms with Gasteiger partial charge in [0.1, 0.15) is 6.61 Å². The van der Waals surface area contributed by atoms with Gasteiger partial charge in [-0.15, -0.1) is 0 Å². The highest BCUT2D eigenvalue weighted by Crippen LogP contribution is 2.46. The van der Waals surface area contributed by atoms with Crippen molar-refractivity contribution in [3.63, 3.8) is 0 Å². The zero-order valence-electron chi connectivity index (χ0n) is 19.1. The molecule has 0 aliphatic heterocycles. The topological polar surface area (TPSA) is 84.5 Å². The summed E-state index contributed by atoms with van der Waals surface area (Å²) in [6.07, 6.45) is 2.37. The second-order valence-corrected chi connectivity index (χ2v) is 8.23. The van der Waals surface area contributed by atoms with E-state index in [0.717, 1.165) is 34.2 Å². The maximum absolute atomic E-state index is 12.4. The molecule has 2 amide bonds. The van der Waals surface area contributed by atoms with Crippen LogP contribution in [0.3, 0.4) is 0 Å². The van der Waals surface area contributed by atoms with Gasteiger partial charge in [-0.1, -0.05) is 43.7 Å². The second-order valence-electron chi connectivity index (χ2n) is 8.23. The molecule has 0 aromatic heterocycles. The molecule has 0 bridgehead atoms. The Morgan fingerprint density at radius 3 is 2.34 bits per heavy atom. The summed E-state index contributed by atoms with van der Waals surface area (Å²) in [6, 6.07) is 12.2. The Morgan fingerprint density at radius 1 is 0.938 bits per heavy atom. The molecule has 6 nitrogen and oxygen atoms in total. The van der Waals surface area contributed by atoms with Crippen LogP contribution in [0.2, 0.25) is 0 Å². The number of hydrogen-bond acceptors (Lipinski definition) is 4. The van der Waals surface area contributed by atoms with Crippen LogP contribution < -0.4 is 10.6 Å². The molecule has 170 valence electrons. The number of nitrogens with one attached hydrogen (secondary N) is 2. The lowest BCUT2D eigenvalue weighted by Crippen LogP contribution is -2.24. The van der Waals surface area contributed by atoms with Crippen LogP contribution in [0.1, 0.15) is 68.6 Å². The Kier molecular flexibility index (Phi) is 8.03. The summed E-state index contributed by atoms with van der Waals surface area (Å²) < 4.78 is 5.49. The molecular weight excluding hydrogens is 404 g/mol. The third-order valence-electron chi connectivity index (χ3n) is 5.66. The molecule has 0 radical (unpaired) electrons. The van der Waals surface area contributed by atoms with Gasteiger partial charge in [0.05, 0.1) is 0 Å². The zero-order valence-corrected chi connectivity index (χ0v) is 19.1. The predicted molar refractivity (Wildman–Crippen MR) is 125 cm³/mol. The summed E-state index contributed by atoms with van der Waals surface area (Å²) in [5, 5.41) is 5.76. The van der Waals surface area contributed by atoms with E-state index in [1.165, 1.54) is 0 Å². The predicted octanol–water partition coefficient (Wildman–Crippen LogP) is 4.70. The zero-order chi connectivity index (χ0) is 23.1. The number of benzene rings is 2.